The number of hydrogen-bond donors (Lipinski definition) is 1. The lowest BCUT2D eigenvalue weighted by atomic mass is 9.92. The van der Waals surface area contributed by atoms with E-state index in [1.54, 1.807) is 0 Å². The molecule has 1 aromatic carbocycles. The number of carbonyl (C=O) groups is 1. The van der Waals surface area contributed by atoms with Gasteiger partial charge in [0.2, 0.25) is 0 Å². The molecule has 0 aromatic heterocycles. The molecular formula is C14H18O2. The Morgan fingerprint density at radius 2 is 2.25 bits per heavy atom. The van der Waals surface area contributed by atoms with Gasteiger partial charge >= 0.3 is 5.97 Å². The maximum absolute atomic E-state index is 11.2. The maximum Gasteiger partial charge on any atom is 0.310 e. The number of carboxylic acid groups (broad SMARTS) is 1. The van der Waals surface area contributed by atoms with Crippen molar-refractivity contribution in [3.63, 3.8) is 0 Å². The molecule has 1 aliphatic rings. The quantitative estimate of drug-likeness (QED) is 0.822. The minimum Gasteiger partial charge on any atom is -0.481 e. The molecule has 16 heavy (non-hydrogen) atoms. The predicted octanol–water partition coefficient (Wildman–Crippen LogP) is 3.35. The number of aryl methyl sites for hydroxylation is 1. The van der Waals surface area contributed by atoms with Crippen molar-refractivity contribution in [1.82, 2.24) is 0 Å². The van der Waals surface area contributed by atoms with E-state index in [4.69, 9.17) is 0 Å². The first kappa shape index (κ1) is 11.2. The second-order valence-corrected chi connectivity index (χ2v) is 4.83. The van der Waals surface area contributed by atoms with Crippen molar-refractivity contribution in [2.24, 2.45) is 5.92 Å². The second kappa shape index (κ2) is 4.69. The number of benzene rings is 1. The molecule has 2 nitrogen and oxygen atoms in total. The van der Waals surface area contributed by atoms with Gasteiger partial charge in [0, 0.05) is 0 Å². The molecule has 0 radical (unpaired) electrons. The Morgan fingerprint density at radius 1 is 1.50 bits per heavy atom. The Morgan fingerprint density at radius 3 is 2.81 bits per heavy atom. The highest BCUT2D eigenvalue weighted by atomic mass is 16.4. The minimum absolute atomic E-state index is 0.319. The van der Waals surface area contributed by atoms with E-state index in [1.165, 1.54) is 12.8 Å². The molecule has 0 heterocycles. The highest BCUT2D eigenvalue weighted by Crippen LogP contribution is 2.36. The number of rotatable bonds is 5. The Balaban J connectivity index is 2.07. The van der Waals surface area contributed by atoms with Gasteiger partial charge in [-0.2, -0.15) is 0 Å². The number of carboxylic acids is 1. The molecule has 1 fully saturated rings. The van der Waals surface area contributed by atoms with Gasteiger partial charge in [0.1, 0.15) is 0 Å². The van der Waals surface area contributed by atoms with E-state index >= 15 is 0 Å². The zero-order chi connectivity index (χ0) is 11.5. The topological polar surface area (TPSA) is 37.3 Å². The first-order chi connectivity index (χ1) is 7.66. The Kier molecular flexibility index (Phi) is 3.28. The van der Waals surface area contributed by atoms with Crippen LogP contribution < -0.4 is 0 Å². The van der Waals surface area contributed by atoms with E-state index in [-0.39, 0.29) is 5.92 Å². The molecule has 1 saturated carbocycles. The molecule has 0 bridgehead atoms. The van der Waals surface area contributed by atoms with Crippen molar-refractivity contribution in [1.29, 1.82) is 0 Å². The molecule has 0 aliphatic heterocycles. The van der Waals surface area contributed by atoms with Crippen molar-refractivity contribution in [3.05, 3.63) is 35.4 Å². The Hall–Kier alpha value is -1.31. The van der Waals surface area contributed by atoms with Gasteiger partial charge in [-0.1, -0.05) is 42.7 Å². The summed E-state index contributed by atoms with van der Waals surface area (Å²) >= 11 is 0. The van der Waals surface area contributed by atoms with Gasteiger partial charge in [-0.05, 0) is 31.2 Å². The maximum atomic E-state index is 11.2. The van der Waals surface area contributed by atoms with Crippen LogP contribution in [0.4, 0.5) is 0 Å². The van der Waals surface area contributed by atoms with Gasteiger partial charge in [-0.25, -0.2) is 0 Å². The monoisotopic (exact) mass is 218 g/mol. The van der Waals surface area contributed by atoms with E-state index in [0.717, 1.165) is 29.9 Å². The molecule has 1 atom stereocenters. The summed E-state index contributed by atoms with van der Waals surface area (Å²) in [7, 11) is 0. The van der Waals surface area contributed by atoms with Crippen LogP contribution in [-0.2, 0) is 4.79 Å². The van der Waals surface area contributed by atoms with Gasteiger partial charge in [-0.3, -0.25) is 4.79 Å². The Bertz CT molecular complexity index is 380. The van der Waals surface area contributed by atoms with Crippen LogP contribution in [0.3, 0.4) is 0 Å². The lowest BCUT2D eigenvalue weighted by molar-refractivity contribution is -0.139. The van der Waals surface area contributed by atoms with Crippen molar-refractivity contribution in [2.45, 2.75) is 38.5 Å². The summed E-state index contributed by atoms with van der Waals surface area (Å²) in [4.78, 5) is 11.2. The zero-order valence-electron chi connectivity index (χ0n) is 9.65. The second-order valence-electron chi connectivity index (χ2n) is 4.83. The summed E-state index contributed by atoms with van der Waals surface area (Å²) < 4.78 is 0. The molecule has 2 rings (SSSR count). The molecule has 1 aromatic rings. The highest BCUT2D eigenvalue weighted by Gasteiger charge is 2.26. The van der Waals surface area contributed by atoms with Crippen molar-refractivity contribution < 1.29 is 9.90 Å². The fraction of sp³-hybridized carbons (Fsp3) is 0.500. The molecule has 2 heteroatoms. The molecule has 0 saturated heterocycles. The summed E-state index contributed by atoms with van der Waals surface area (Å²) in [6.45, 7) is 2.00. The third-order valence-corrected chi connectivity index (χ3v) is 3.30. The zero-order valence-corrected chi connectivity index (χ0v) is 9.65. The van der Waals surface area contributed by atoms with Crippen LogP contribution in [0.5, 0.6) is 0 Å². The third-order valence-electron chi connectivity index (χ3n) is 3.30. The van der Waals surface area contributed by atoms with Crippen molar-refractivity contribution >= 4 is 5.97 Å². The minimum atomic E-state index is -0.689. The molecule has 1 unspecified atom stereocenters. The lowest BCUT2D eigenvalue weighted by Gasteiger charge is -2.12. The third kappa shape index (κ3) is 2.84. The van der Waals surface area contributed by atoms with Gasteiger partial charge in [0.25, 0.3) is 0 Å². The van der Waals surface area contributed by atoms with Crippen LogP contribution in [-0.4, -0.2) is 11.1 Å². The normalized spacial score (nSPS) is 17.1. The SMILES string of the molecule is Cc1cccc(C(CCC2CC2)C(=O)O)c1. The molecular weight excluding hydrogens is 200 g/mol. The van der Waals surface area contributed by atoms with Gasteiger partial charge in [0.15, 0.2) is 0 Å². The summed E-state index contributed by atoms with van der Waals surface area (Å²) in [5, 5.41) is 9.25. The van der Waals surface area contributed by atoms with E-state index in [0.29, 0.717) is 0 Å². The van der Waals surface area contributed by atoms with Crippen molar-refractivity contribution in [3.8, 4) is 0 Å². The summed E-state index contributed by atoms with van der Waals surface area (Å²) in [5.41, 5.74) is 2.09. The highest BCUT2D eigenvalue weighted by molar-refractivity contribution is 5.76. The molecule has 0 spiro atoms. The van der Waals surface area contributed by atoms with Crippen LogP contribution in [0, 0.1) is 12.8 Å². The van der Waals surface area contributed by atoms with Crippen LogP contribution in [0.2, 0.25) is 0 Å². The van der Waals surface area contributed by atoms with Crippen LogP contribution in [0.15, 0.2) is 24.3 Å². The number of aliphatic carboxylic acids is 1. The van der Waals surface area contributed by atoms with Gasteiger partial charge in [-0.15, -0.1) is 0 Å². The summed E-state index contributed by atoms with van der Waals surface area (Å²) in [6.07, 6.45) is 4.43. The van der Waals surface area contributed by atoms with E-state index in [2.05, 4.69) is 0 Å². The smallest absolute Gasteiger partial charge is 0.310 e. The standard InChI is InChI=1S/C14H18O2/c1-10-3-2-4-12(9-10)13(14(15)16)8-7-11-5-6-11/h2-4,9,11,13H,5-8H2,1H3,(H,15,16). The first-order valence-corrected chi connectivity index (χ1v) is 5.96. The van der Waals surface area contributed by atoms with E-state index in [9.17, 15) is 9.90 Å². The predicted molar refractivity (Wildman–Crippen MR) is 63.5 cm³/mol. The summed E-state index contributed by atoms with van der Waals surface area (Å²) in [5.74, 6) is -0.210. The summed E-state index contributed by atoms with van der Waals surface area (Å²) in [6, 6.07) is 7.87. The largest absolute Gasteiger partial charge is 0.481 e. The average molecular weight is 218 g/mol. The van der Waals surface area contributed by atoms with E-state index in [1.807, 2.05) is 31.2 Å². The number of hydrogen-bond acceptors (Lipinski definition) is 1. The molecule has 1 N–H and O–H groups in total. The molecule has 1 aliphatic carbocycles. The first-order valence-electron chi connectivity index (χ1n) is 5.96. The van der Waals surface area contributed by atoms with Crippen LogP contribution in [0.1, 0.15) is 42.7 Å². The lowest BCUT2D eigenvalue weighted by Crippen LogP contribution is -2.12. The van der Waals surface area contributed by atoms with Gasteiger partial charge in [0.05, 0.1) is 5.92 Å². The van der Waals surface area contributed by atoms with Gasteiger partial charge < -0.3 is 5.11 Å². The van der Waals surface area contributed by atoms with E-state index < -0.39 is 5.97 Å². The fourth-order valence-electron chi connectivity index (χ4n) is 2.13. The van der Waals surface area contributed by atoms with Crippen LogP contribution >= 0.6 is 0 Å². The fourth-order valence-corrected chi connectivity index (χ4v) is 2.13. The average Bonchev–Trinajstić information content (AvgIpc) is 3.01. The molecule has 86 valence electrons. The molecule has 0 amide bonds. The van der Waals surface area contributed by atoms with Crippen molar-refractivity contribution in [2.75, 3.05) is 0 Å². The van der Waals surface area contributed by atoms with Crippen LogP contribution in [0.25, 0.3) is 0 Å². The Labute approximate surface area is 96.3 Å².